The molecule has 1 unspecified atom stereocenters. The van der Waals surface area contributed by atoms with Crippen molar-refractivity contribution in [1.29, 1.82) is 0 Å². The molecule has 0 aromatic heterocycles. The molecular formula is C20H20ClN3O2S. The molecule has 1 saturated heterocycles. The number of carbonyl (C=O) groups is 2. The van der Waals surface area contributed by atoms with Crippen molar-refractivity contribution in [1.82, 2.24) is 5.32 Å². The Balaban J connectivity index is 1.65. The fourth-order valence-corrected chi connectivity index (χ4v) is 3.78. The standard InChI is InChI=1S/C20H20ClN3O2S/c1-11-7-8-14(9-12(11)2)22-20-24-19(26)17(27-20)10-18(25)23-16-6-4-5-15(21)13(16)3/h4-9,17H,10H2,1-3H3,(H,23,25)(H,22,24,26). The summed E-state index contributed by atoms with van der Waals surface area (Å²) in [6.45, 7) is 5.89. The Hall–Kier alpha value is -2.31. The summed E-state index contributed by atoms with van der Waals surface area (Å²) in [7, 11) is 0. The lowest BCUT2D eigenvalue weighted by atomic mass is 10.1. The molecular weight excluding hydrogens is 382 g/mol. The van der Waals surface area contributed by atoms with Crippen LogP contribution in [0.25, 0.3) is 0 Å². The first-order valence-electron chi connectivity index (χ1n) is 8.52. The van der Waals surface area contributed by atoms with Gasteiger partial charge >= 0.3 is 0 Å². The molecule has 1 heterocycles. The second-order valence-corrected chi connectivity index (χ2v) is 8.04. The van der Waals surface area contributed by atoms with E-state index in [4.69, 9.17) is 11.6 Å². The van der Waals surface area contributed by atoms with Gasteiger partial charge in [-0.3, -0.25) is 9.59 Å². The third kappa shape index (κ3) is 4.70. The first-order valence-corrected chi connectivity index (χ1v) is 9.77. The van der Waals surface area contributed by atoms with Crippen LogP contribution in [0.4, 0.5) is 11.4 Å². The number of nitrogens with zero attached hydrogens (tertiary/aromatic N) is 1. The van der Waals surface area contributed by atoms with E-state index in [1.807, 2.05) is 39.0 Å². The average Bonchev–Trinajstić information content (AvgIpc) is 2.94. The van der Waals surface area contributed by atoms with Gasteiger partial charge in [-0.15, -0.1) is 0 Å². The highest BCUT2D eigenvalue weighted by molar-refractivity contribution is 8.15. The molecule has 5 nitrogen and oxygen atoms in total. The number of benzene rings is 2. The zero-order chi connectivity index (χ0) is 19.6. The number of aliphatic imine (C=N–C) groups is 1. The second kappa shape index (κ2) is 8.15. The van der Waals surface area contributed by atoms with E-state index >= 15 is 0 Å². The number of amidine groups is 1. The Morgan fingerprint density at radius 3 is 2.74 bits per heavy atom. The minimum absolute atomic E-state index is 0.0639. The van der Waals surface area contributed by atoms with Crippen LogP contribution in [0.2, 0.25) is 5.02 Å². The van der Waals surface area contributed by atoms with E-state index in [2.05, 4.69) is 15.6 Å². The third-order valence-corrected chi connectivity index (χ3v) is 5.90. The van der Waals surface area contributed by atoms with Crippen LogP contribution >= 0.6 is 23.4 Å². The normalized spacial score (nSPS) is 17.9. The number of halogens is 1. The number of hydrogen-bond acceptors (Lipinski definition) is 4. The predicted octanol–water partition coefficient (Wildman–Crippen LogP) is 4.51. The van der Waals surface area contributed by atoms with Crippen LogP contribution in [-0.4, -0.2) is 22.2 Å². The molecule has 140 valence electrons. The number of anilines is 1. The average molecular weight is 402 g/mol. The molecule has 1 atom stereocenters. The van der Waals surface area contributed by atoms with Gasteiger partial charge in [0.15, 0.2) is 5.17 Å². The highest BCUT2D eigenvalue weighted by Gasteiger charge is 2.32. The monoisotopic (exact) mass is 401 g/mol. The molecule has 0 saturated carbocycles. The number of rotatable bonds is 4. The first-order chi connectivity index (χ1) is 12.8. The van der Waals surface area contributed by atoms with Gasteiger partial charge in [-0.1, -0.05) is 35.5 Å². The first kappa shape index (κ1) is 19.5. The summed E-state index contributed by atoms with van der Waals surface area (Å²) in [6, 6.07) is 11.2. The molecule has 2 aromatic carbocycles. The van der Waals surface area contributed by atoms with Gasteiger partial charge in [0.25, 0.3) is 0 Å². The van der Waals surface area contributed by atoms with E-state index in [1.165, 1.54) is 17.3 Å². The van der Waals surface area contributed by atoms with Gasteiger partial charge in [-0.2, -0.15) is 0 Å². The fraction of sp³-hybridized carbons (Fsp3) is 0.250. The van der Waals surface area contributed by atoms with Crippen LogP contribution in [0.15, 0.2) is 41.4 Å². The van der Waals surface area contributed by atoms with Gasteiger partial charge < -0.3 is 10.6 Å². The van der Waals surface area contributed by atoms with Gasteiger partial charge in [-0.25, -0.2) is 4.99 Å². The molecule has 1 aliphatic rings. The summed E-state index contributed by atoms with van der Waals surface area (Å²) < 4.78 is 0. The Morgan fingerprint density at radius 1 is 1.22 bits per heavy atom. The Bertz CT molecular complexity index is 943. The lowest BCUT2D eigenvalue weighted by Gasteiger charge is -2.10. The van der Waals surface area contributed by atoms with Gasteiger partial charge in [0.05, 0.1) is 5.69 Å². The molecule has 0 spiro atoms. The molecule has 0 bridgehead atoms. The third-order valence-electron chi connectivity index (χ3n) is 4.41. The van der Waals surface area contributed by atoms with E-state index in [1.54, 1.807) is 18.2 Å². The summed E-state index contributed by atoms with van der Waals surface area (Å²) in [4.78, 5) is 29.0. The topological polar surface area (TPSA) is 70.6 Å². The van der Waals surface area contributed by atoms with Crippen LogP contribution in [0.3, 0.4) is 0 Å². The molecule has 1 aliphatic heterocycles. The highest BCUT2D eigenvalue weighted by Crippen LogP contribution is 2.27. The van der Waals surface area contributed by atoms with Gasteiger partial charge in [0, 0.05) is 17.1 Å². The molecule has 0 radical (unpaired) electrons. The van der Waals surface area contributed by atoms with Crippen LogP contribution in [-0.2, 0) is 9.59 Å². The van der Waals surface area contributed by atoms with Gasteiger partial charge in [0.1, 0.15) is 5.25 Å². The van der Waals surface area contributed by atoms with Crippen LogP contribution in [0.5, 0.6) is 0 Å². The zero-order valence-electron chi connectivity index (χ0n) is 15.3. The molecule has 2 amide bonds. The van der Waals surface area contributed by atoms with Crippen LogP contribution < -0.4 is 10.6 Å². The van der Waals surface area contributed by atoms with Crippen molar-refractivity contribution in [2.75, 3.05) is 5.32 Å². The van der Waals surface area contributed by atoms with Crippen molar-refractivity contribution in [2.24, 2.45) is 4.99 Å². The number of carbonyl (C=O) groups excluding carboxylic acids is 2. The smallest absolute Gasteiger partial charge is 0.240 e. The Kier molecular flexibility index (Phi) is 5.87. The van der Waals surface area contributed by atoms with Crippen molar-refractivity contribution in [2.45, 2.75) is 32.4 Å². The van der Waals surface area contributed by atoms with Crippen molar-refractivity contribution in [3.8, 4) is 0 Å². The quantitative estimate of drug-likeness (QED) is 0.791. The van der Waals surface area contributed by atoms with Crippen molar-refractivity contribution in [3.63, 3.8) is 0 Å². The maximum Gasteiger partial charge on any atom is 0.240 e. The molecule has 2 aromatic rings. The minimum Gasteiger partial charge on any atom is -0.326 e. The highest BCUT2D eigenvalue weighted by atomic mass is 35.5. The van der Waals surface area contributed by atoms with E-state index < -0.39 is 5.25 Å². The summed E-state index contributed by atoms with van der Waals surface area (Å²) in [5.74, 6) is -0.444. The molecule has 7 heteroatoms. The minimum atomic E-state index is -0.505. The van der Waals surface area contributed by atoms with E-state index in [0.29, 0.717) is 15.9 Å². The molecule has 0 aliphatic carbocycles. The molecule has 1 fully saturated rings. The maximum absolute atomic E-state index is 12.3. The maximum atomic E-state index is 12.3. The van der Waals surface area contributed by atoms with Gasteiger partial charge in [-0.05, 0) is 61.7 Å². The van der Waals surface area contributed by atoms with E-state index in [9.17, 15) is 9.59 Å². The summed E-state index contributed by atoms with van der Waals surface area (Å²) in [5.41, 5.74) is 4.56. The predicted molar refractivity (Wildman–Crippen MR) is 112 cm³/mol. The number of nitrogens with one attached hydrogen (secondary N) is 2. The Labute approximate surface area is 167 Å². The summed E-state index contributed by atoms with van der Waals surface area (Å²) >= 11 is 7.34. The van der Waals surface area contributed by atoms with Crippen molar-refractivity contribution in [3.05, 3.63) is 58.1 Å². The lowest BCUT2D eigenvalue weighted by Crippen LogP contribution is -2.28. The van der Waals surface area contributed by atoms with Crippen molar-refractivity contribution < 1.29 is 9.59 Å². The summed E-state index contributed by atoms with van der Waals surface area (Å²) in [6.07, 6.45) is 0.0639. The summed E-state index contributed by atoms with van der Waals surface area (Å²) in [5, 5.41) is 6.16. The fourth-order valence-electron chi connectivity index (χ4n) is 2.62. The van der Waals surface area contributed by atoms with Crippen LogP contribution in [0, 0.1) is 20.8 Å². The second-order valence-electron chi connectivity index (χ2n) is 6.45. The number of hydrogen-bond donors (Lipinski definition) is 2. The number of aryl methyl sites for hydroxylation is 2. The molecule has 27 heavy (non-hydrogen) atoms. The van der Waals surface area contributed by atoms with Crippen molar-refractivity contribution >= 4 is 51.7 Å². The molecule has 3 rings (SSSR count). The number of thioether (sulfide) groups is 1. The Morgan fingerprint density at radius 2 is 2.00 bits per heavy atom. The molecule has 2 N–H and O–H groups in total. The SMILES string of the molecule is Cc1ccc(N=C2NC(=O)C(CC(=O)Nc3cccc(Cl)c3C)S2)cc1C. The van der Waals surface area contributed by atoms with Crippen LogP contribution in [0.1, 0.15) is 23.1 Å². The van der Waals surface area contributed by atoms with E-state index in [0.717, 1.165) is 16.8 Å². The zero-order valence-corrected chi connectivity index (χ0v) is 16.9. The largest absolute Gasteiger partial charge is 0.326 e. The van der Waals surface area contributed by atoms with Gasteiger partial charge in [0.2, 0.25) is 11.8 Å². The number of amides is 2. The van der Waals surface area contributed by atoms with E-state index in [-0.39, 0.29) is 18.2 Å². The lowest BCUT2D eigenvalue weighted by molar-refractivity contribution is -0.122.